The third-order valence-electron chi connectivity index (χ3n) is 2.91. The Balaban J connectivity index is 1.70. The molecule has 0 bridgehead atoms. The van der Waals surface area contributed by atoms with Crippen molar-refractivity contribution in [2.24, 2.45) is 0 Å². The summed E-state index contributed by atoms with van der Waals surface area (Å²) in [6.45, 7) is 4.15. The molecule has 4 nitrogen and oxygen atoms in total. The average Bonchev–Trinajstić information content (AvgIpc) is 2.49. The van der Waals surface area contributed by atoms with E-state index in [0.717, 1.165) is 30.3 Å². The van der Waals surface area contributed by atoms with Gasteiger partial charge < -0.3 is 14.8 Å². The van der Waals surface area contributed by atoms with Gasteiger partial charge in [-0.2, -0.15) is 0 Å². The number of pyridine rings is 1. The van der Waals surface area contributed by atoms with Crippen LogP contribution >= 0.6 is 0 Å². The van der Waals surface area contributed by atoms with Crippen molar-refractivity contribution in [2.45, 2.75) is 13.5 Å². The fourth-order valence-electron chi connectivity index (χ4n) is 1.81. The molecule has 0 radical (unpaired) electrons. The monoisotopic (exact) mass is 272 g/mol. The summed E-state index contributed by atoms with van der Waals surface area (Å²) in [5.41, 5.74) is 2.21. The predicted octanol–water partition coefficient (Wildman–Crippen LogP) is 2.57. The lowest BCUT2D eigenvalue weighted by Gasteiger charge is -2.10. The van der Waals surface area contributed by atoms with Gasteiger partial charge in [0.2, 0.25) is 0 Å². The molecule has 4 heteroatoms. The summed E-state index contributed by atoms with van der Waals surface area (Å²) in [5, 5.41) is 3.32. The first-order chi connectivity index (χ1) is 9.79. The summed E-state index contributed by atoms with van der Waals surface area (Å²) in [7, 11) is 1.64. The van der Waals surface area contributed by atoms with E-state index in [-0.39, 0.29) is 0 Å². The topological polar surface area (TPSA) is 43.4 Å². The number of methoxy groups -OCH3 is 1. The van der Waals surface area contributed by atoms with Crippen molar-refractivity contribution < 1.29 is 9.47 Å². The molecular formula is C16H20N2O2. The van der Waals surface area contributed by atoms with Crippen molar-refractivity contribution in [1.29, 1.82) is 0 Å². The zero-order chi connectivity index (χ0) is 14.2. The van der Waals surface area contributed by atoms with E-state index >= 15 is 0 Å². The smallest absolute Gasteiger partial charge is 0.161 e. The minimum absolute atomic E-state index is 0.597. The summed E-state index contributed by atoms with van der Waals surface area (Å²) < 4.78 is 10.9. The van der Waals surface area contributed by atoms with Gasteiger partial charge in [0.25, 0.3) is 0 Å². The second kappa shape index (κ2) is 7.50. The van der Waals surface area contributed by atoms with Crippen LogP contribution in [0.25, 0.3) is 0 Å². The highest BCUT2D eigenvalue weighted by atomic mass is 16.5. The molecule has 0 aliphatic rings. The quantitative estimate of drug-likeness (QED) is 0.787. The van der Waals surface area contributed by atoms with E-state index in [1.807, 2.05) is 43.5 Å². The summed E-state index contributed by atoms with van der Waals surface area (Å²) in [4.78, 5) is 4.26. The summed E-state index contributed by atoms with van der Waals surface area (Å²) in [6.07, 6.45) is 1.89. The zero-order valence-corrected chi connectivity index (χ0v) is 11.9. The van der Waals surface area contributed by atoms with Crippen LogP contribution in [0.5, 0.6) is 11.5 Å². The number of nitrogens with one attached hydrogen (secondary N) is 1. The molecule has 0 saturated heterocycles. The number of benzene rings is 1. The Hall–Kier alpha value is -2.07. The molecule has 0 atom stereocenters. The first-order valence-corrected chi connectivity index (χ1v) is 6.67. The van der Waals surface area contributed by atoms with E-state index in [1.54, 1.807) is 7.11 Å². The molecule has 2 rings (SSSR count). The van der Waals surface area contributed by atoms with E-state index < -0.39 is 0 Å². The second-order valence-corrected chi connectivity index (χ2v) is 4.48. The Labute approximate surface area is 119 Å². The van der Waals surface area contributed by atoms with Crippen LogP contribution in [0.4, 0.5) is 0 Å². The van der Waals surface area contributed by atoms with Gasteiger partial charge in [0.05, 0.1) is 7.11 Å². The molecule has 106 valence electrons. The van der Waals surface area contributed by atoms with E-state index in [2.05, 4.69) is 16.4 Å². The summed E-state index contributed by atoms with van der Waals surface area (Å²) in [6, 6.07) is 11.7. The Morgan fingerprint density at radius 2 is 1.90 bits per heavy atom. The molecule has 1 aromatic carbocycles. The third-order valence-corrected chi connectivity index (χ3v) is 2.91. The van der Waals surface area contributed by atoms with Crippen LogP contribution < -0.4 is 14.8 Å². The number of ether oxygens (including phenoxy) is 2. The molecule has 1 heterocycles. The number of rotatable bonds is 7. The van der Waals surface area contributed by atoms with Gasteiger partial charge in [0.15, 0.2) is 11.5 Å². The molecule has 0 amide bonds. The van der Waals surface area contributed by atoms with Gasteiger partial charge in [-0.15, -0.1) is 0 Å². The molecule has 0 fully saturated rings. The minimum Gasteiger partial charge on any atom is -0.493 e. The van der Waals surface area contributed by atoms with Crippen molar-refractivity contribution >= 4 is 0 Å². The Morgan fingerprint density at radius 1 is 1.10 bits per heavy atom. The molecule has 0 saturated carbocycles. The molecule has 0 aliphatic heterocycles. The maximum atomic E-state index is 5.68. The Kier molecular flexibility index (Phi) is 5.38. The molecule has 0 unspecified atom stereocenters. The average molecular weight is 272 g/mol. The van der Waals surface area contributed by atoms with Crippen molar-refractivity contribution in [3.63, 3.8) is 0 Å². The van der Waals surface area contributed by atoms with Crippen molar-refractivity contribution in [1.82, 2.24) is 10.3 Å². The number of hydrogen-bond donors (Lipinski definition) is 1. The van der Waals surface area contributed by atoms with Gasteiger partial charge in [0.1, 0.15) is 6.61 Å². The number of para-hydroxylation sites is 2. The molecule has 2 aromatic rings. The minimum atomic E-state index is 0.597. The van der Waals surface area contributed by atoms with E-state index in [1.165, 1.54) is 5.56 Å². The largest absolute Gasteiger partial charge is 0.493 e. The molecule has 1 aromatic heterocycles. The Bertz CT molecular complexity index is 526. The van der Waals surface area contributed by atoms with Crippen LogP contribution in [0.1, 0.15) is 11.3 Å². The highest BCUT2D eigenvalue weighted by Gasteiger charge is 2.01. The third kappa shape index (κ3) is 4.24. The number of aromatic nitrogens is 1. The molecule has 20 heavy (non-hydrogen) atoms. The fraction of sp³-hybridized carbons (Fsp3) is 0.312. The lowest BCUT2D eigenvalue weighted by atomic mass is 10.2. The van der Waals surface area contributed by atoms with Crippen LogP contribution in [-0.4, -0.2) is 25.2 Å². The molecule has 0 spiro atoms. The fourth-order valence-corrected chi connectivity index (χ4v) is 1.81. The number of hydrogen-bond acceptors (Lipinski definition) is 4. The first-order valence-electron chi connectivity index (χ1n) is 6.67. The lowest BCUT2D eigenvalue weighted by Crippen LogP contribution is -2.20. The normalized spacial score (nSPS) is 10.3. The Morgan fingerprint density at radius 3 is 2.60 bits per heavy atom. The first kappa shape index (κ1) is 14.3. The van der Waals surface area contributed by atoms with Gasteiger partial charge in [-0.3, -0.25) is 4.98 Å². The maximum absolute atomic E-state index is 5.68. The van der Waals surface area contributed by atoms with Crippen molar-refractivity contribution in [2.75, 3.05) is 20.3 Å². The van der Waals surface area contributed by atoms with Crippen LogP contribution in [0.3, 0.4) is 0 Å². The molecular weight excluding hydrogens is 252 g/mol. The standard InChI is InChI=1S/C16H20N2O2/c1-13-7-8-14(12-18-13)11-17-9-10-20-16-6-4-3-5-15(16)19-2/h3-8,12,17H,9-11H2,1-2H3. The van der Waals surface area contributed by atoms with Gasteiger partial charge >= 0.3 is 0 Å². The number of nitrogens with zero attached hydrogens (tertiary/aromatic N) is 1. The maximum Gasteiger partial charge on any atom is 0.161 e. The van der Waals surface area contributed by atoms with Crippen LogP contribution in [0.15, 0.2) is 42.6 Å². The molecule has 0 aliphatic carbocycles. The lowest BCUT2D eigenvalue weighted by molar-refractivity contribution is 0.292. The van der Waals surface area contributed by atoms with Crippen LogP contribution in [0.2, 0.25) is 0 Å². The summed E-state index contributed by atoms with van der Waals surface area (Å²) >= 11 is 0. The second-order valence-electron chi connectivity index (χ2n) is 4.48. The molecule has 1 N–H and O–H groups in total. The van der Waals surface area contributed by atoms with Crippen molar-refractivity contribution in [3.05, 3.63) is 53.9 Å². The van der Waals surface area contributed by atoms with Gasteiger partial charge in [0, 0.05) is 25.0 Å². The van der Waals surface area contributed by atoms with E-state index in [4.69, 9.17) is 9.47 Å². The van der Waals surface area contributed by atoms with Gasteiger partial charge in [-0.25, -0.2) is 0 Å². The van der Waals surface area contributed by atoms with Gasteiger partial charge in [-0.1, -0.05) is 18.2 Å². The predicted molar refractivity (Wildman–Crippen MR) is 79.2 cm³/mol. The van der Waals surface area contributed by atoms with Crippen molar-refractivity contribution in [3.8, 4) is 11.5 Å². The highest BCUT2D eigenvalue weighted by molar-refractivity contribution is 5.39. The highest BCUT2D eigenvalue weighted by Crippen LogP contribution is 2.25. The summed E-state index contributed by atoms with van der Waals surface area (Å²) in [5.74, 6) is 1.53. The van der Waals surface area contributed by atoms with Gasteiger partial charge in [-0.05, 0) is 30.7 Å². The van der Waals surface area contributed by atoms with Crippen LogP contribution in [0, 0.1) is 6.92 Å². The number of aryl methyl sites for hydroxylation is 1. The van der Waals surface area contributed by atoms with Crippen LogP contribution in [-0.2, 0) is 6.54 Å². The SMILES string of the molecule is COc1ccccc1OCCNCc1ccc(C)nc1. The van der Waals surface area contributed by atoms with E-state index in [0.29, 0.717) is 6.61 Å². The zero-order valence-electron chi connectivity index (χ0n) is 11.9. The van der Waals surface area contributed by atoms with E-state index in [9.17, 15) is 0 Å².